The maximum Gasteiger partial charge on any atom is 0.145 e. The summed E-state index contributed by atoms with van der Waals surface area (Å²) in [6.07, 6.45) is 8.85. The zero-order valence-electron chi connectivity index (χ0n) is 31.3. The first-order valence-electron chi connectivity index (χ1n) is 19.7. The highest BCUT2D eigenvalue weighted by atomic mass is 15.1. The molecule has 57 heavy (non-hydrogen) atoms. The zero-order valence-corrected chi connectivity index (χ0v) is 31.3. The minimum atomic E-state index is -0.498. The third-order valence-corrected chi connectivity index (χ3v) is 11.7. The highest BCUT2D eigenvalue weighted by Gasteiger charge is 2.51. The average Bonchev–Trinajstić information content (AvgIpc) is 3.97. The van der Waals surface area contributed by atoms with Crippen LogP contribution in [0.4, 0.5) is 0 Å². The van der Waals surface area contributed by atoms with Gasteiger partial charge in [-0.15, -0.1) is 0 Å². The molecule has 0 aliphatic heterocycles. The second-order valence-corrected chi connectivity index (χ2v) is 14.9. The number of para-hydroxylation sites is 4. The average molecular weight is 731 g/mol. The van der Waals surface area contributed by atoms with Crippen LogP contribution in [0.25, 0.3) is 67.6 Å². The van der Waals surface area contributed by atoms with Crippen LogP contribution in [0.15, 0.2) is 212 Å². The van der Waals surface area contributed by atoms with Gasteiger partial charge in [0.2, 0.25) is 0 Å². The molecule has 0 fully saturated rings. The molecule has 270 valence electrons. The van der Waals surface area contributed by atoms with E-state index in [9.17, 15) is 0 Å². The molecule has 0 saturated heterocycles. The number of hydrogen-bond acceptors (Lipinski definition) is 2. The zero-order chi connectivity index (χ0) is 37.8. The van der Waals surface area contributed by atoms with Gasteiger partial charge in [-0.05, 0) is 77.1 Å². The fourth-order valence-electron chi connectivity index (χ4n) is 9.21. The molecule has 0 N–H and O–H groups in total. The number of benzene rings is 7. The first-order valence-corrected chi connectivity index (χ1v) is 19.7. The van der Waals surface area contributed by atoms with E-state index in [0.29, 0.717) is 0 Å². The quantitative estimate of drug-likeness (QED) is 0.164. The van der Waals surface area contributed by atoms with E-state index in [1.165, 1.54) is 28.0 Å². The van der Waals surface area contributed by atoms with E-state index in [1.54, 1.807) is 0 Å². The summed E-state index contributed by atoms with van der Waals surface area (Å²) in [6, 6.07) is 67.2. The topological polar surface area (TPSA) is 35.6 Å². The van der Waals surface area contributed by atoms with Gasteiger partial charge in [-0.3, -0.25) is 9.13 Å². The lowest BCUT2D eigenvalue weighted by atomic mass is 9.67. The van der Waals surface area contributed by atoms with Gasteiger partial charge in [-0.25, -0.2) is 9.97 Å². The molecule has 4 nitrogen and oxygen atoms in total. The Balaban J connectivity index is 1.04. The van der Waals surface area contributed by atoms with Gasteiger partial charge in [-0.1, -0.05) is 170 Å². The van der Waals surface area contributed by atoms with Crippen LogP contribution >= 0.6 is 0 Å². The number of fused-ring (bicyclic) bond motifs is 4. The van der Waals surface area contributed by atoms with Crippen LogP contribution in [0.3, 0.4) is 0 Å². The van der Waals surface area contributed by atoms with Crippen molar-refractivity contribution in [2.45, 2.75) is 18.3 Å². The molecule has 0 radical (unpaired) electrons. The van der Waals surface area contributed by atoms with Crippen molar-refractivity contribution in [1.29, 1.82) is 0 Å². The SMILES string of the molecule is C1=CCCC(C2(c3ccccc3)c3ccccc3-c3nc(-c4ccc(-c5ccc(-c6nc7ccccc7n6-c6ccccc6)cc5)cc4)n(-c4ccccc4)c32)=C1. The molecule has 2 aliphatic rings. The Morgan fingerprint density at radius 1 is 0.474 bits per heavy atom. The normalized spacial score (nSPS) is 15.7. The Morgan fingerprint density at radius 2 is 1.02 bits per heavy atom. The van der Waals surface area contributed by atoms with Gasteiger partial charge in [0.1, 0.15) is 11.6 Å². The largest absolute Gasteiger partial charge is 0.295 e. The van der Waals surface area contributed by atoms with Crippen LogP contribution in [0.1, 0.15) is 29.7 Å². The Bertz CT molecular complexity index is 2970. The lowest BCUT2D eigenvalue weighted by molar-refractivity contribution is 0.657. The first-order chi connectivity index (χ1) is 28.3. The molecule has 0 spiro atoms. The molecule has 0 amide bonds. The van der Waals surface area contributed by atoms with Crippen molar-refractivity contribution in [1.82, 2.24) is 19.1 Å². The highest BCUT2D eigenvalue weighted by Crippen LogP contribution is 2.58. The molecule has 4 heteroatoms. The van der Waals surface area contributed by atoms with Gasteiger partial charge in [0, 0.05) is 28.1 Å². The van der Waals surface area contributed by atoms with E-state index in [-0.39, 0.29) is 0 Å². The van der Waals surface area contributed by atoms with Gasteiger partial charge < -0.3 is 0 Å². The predicted molar refractivity (Wildman–Crippen MR) is 233 cm³/mol. The molecule has 0 bridgehead atoms. The van der Waals surface area contributed by atoms with Gasteiger partial charge >= 0.3 is 0 Å². The highest BCUT2D eigenvalue weighted by molar-refractivity contribution is 5.87. The second-order valence-electron chi connectivity index (χ2n) is 14.9. The summed E-state index contributed by atoms with van der Waals surface area (Å²) in [5, 5.41) is 0. The molecule has 2 heterocycles. The Morgan fingerprint density at radius 3 is 1.67 bits per heavy atom. The van der Waals surface area contributed by atoms with Crippen LogP contribution in [0.2, 0.25) is 0 Å². The van der Waals surface area contributed by atoms with Gasteiger partial charge in [-0.2, -0.15) is 0 Å². The summed E-state index contributed by atoms with van der Waals surface area (Å²) in [4.78, 5) is 10.7. The summed E-state index contributed by atoms with van der Waals surface area (Å²) in [7, 11) is 0. The van der Waals surface area contributed by atoms with E-state index >= 15 is 0 Å². The Kier molecular flexibility index (Phi) is 7.82. The third-order valence-electron chi connectivity index (χ3n) is 11.7. The number of hydrogen-bond donors (Lipinski definition) is 0. The monoisotopic (exact) mass is 730 g/mol. The van der Waals surface area contributed by atoms with Gasteiger partial charge in [0.05, 0.1) is 27.8 Å². The summed E-state index contributed by atoms with van der Waals surface area (Å²) in [5.41, 5.74) is 15.6. The Labute approximate surface area is 332 Å². The predicted octanol–water partition coefficient (Wildman–Crippen LogP) is 12.8. The number of rotatable bonds is 7. The van der Waals surface area contributed by atoms with Crippen molar-refractivity contribution in [2.75, 3.05) is 0 Å². The molecule has 2 aromatic heterocycles. The molecule has 1 atom stereocenters. The van der Waals surface area contributed by atoms with E-state index in [1.807, 2.05) is 12.1 Å². The van der Waals surface area contributed by atoms with E-state index < -0.39 is 5.41 Å². The number of imidazole rings is 2. The van der Waals surface area contributed by atoms with Crippen LogP contribution in [0, 0.1) is 0 Å². The maximum absolute atomic E-state index is 5.60. The lowest BCUT2D eigenvalue weighted by Crippen LogP contribution is -2.32. The second kappa shape index (κ2) is 13.5. The van der Waals surface area contributed by atoms with Crippen molar-refractivity contribution in [3.8, 4) is 56.5 Å². The maximum atomic E-state index is 5.60. The van der Waals surface area contributed by atoms with Crippen LogP contribution in [0.5, 0.6) is 0 Å². The smallest absolute Gasteiger partial charge is 0.145 e. The molecule has 2 aliphatic carbocycles. The van der Waals surface area contributed by atoms with Crippen LogP contribution < -0.4 is 0 Å². The van der Waals surface area contributed by atoms with Crippen molar-refractivity contribution in [3.05, 3.63) is 229 Å². The fraction of sp³-hybridized carbons (Fsp3) is 0.0566. The molecular formula is C53H38N4. The fourth-order valence-corrected chi connectivity index (χ4v) is 9.21. The van der Waals surface area contributed by atoms with E-state index in [2.05, 4.69) is 203 Å². The van der Waals surface area contributed by atoms with Crippen molar-refractivity contribution in [3.63, 3.8) is 0 Å². The summed E-state index contributed by atoms with van der Waals surface area (Å²) in [6.45, 7) is 0. The minimum absolute atomic E-state index is 0.498. The third kappa shape index (κ3) is 5.22. The minimum Gasteiger partial charge on any atom is -0.295 e. The van der Waals surface area contributed by atoms with Crippen LogP contribution in [-0.4, -0.2) is 19.1 Å². The van der Waals surface area contributed by atoms with Crippen molar-refractivity contribution >= 4 is 11.0 Å². The molecule has 1 unspecified atom stereocenters. The first kappa shape index (κ1) is 33.1. The molecule has 11 rings (SSSR count). The van der Waals surface area contributed by atoms with Gasteiger partial charge in [0.25, 0.3) is 0 Å². The number of aromatic nitrogens is 4. The molecule has 0 saturated carbocycles. The van der Waals surface area contributed by atoms with Gasteiger partial charge in [0.15, 0.2) is 0 Å². The van der Waals surface area contributed by atoms with E-state index in [4.69, 9.17) is 9.97 Å². The standard InChI is InChI=1S/C53H38N4/c1-5-17-41(18-6-1)53(42-19-7-2-8-20-42)46-26-14-13-25-45(46)49-50(53)57(44-23-11-4-12-24-44)52(55-49)40-35-31-38(32-36-40)37-29-33-39(34-30-37)51-54-47-27-15-16-28-48(47)56(51)43-21-9-3-10-22-43/h1-7,9-19,21-36H,8,20H2. The molecular weight excluding hydrogens is 693 g/mol. The summed E-state index contributed by atoms with van der Waals surface area (Å²) >= 11 is 0. The summed E-state index contributed by atoms with van der Waals surface area (Å²) in [5.74, 6) is 1.87. The molecule has 7 aromatic carbocycles. The van der Waals surface area contributed by atoms with Crippen molar-refractivity contribution < 1.29 is 0 Å². The summed E-state index contributed by atoms with van der Waals surface area (Å²) < 4.78 is 4.68. The van der Waals surface area contributed by atoms with Crippen LogP contribution in [-0.2, 0) is 5.41 Å². The number of allylic oxidation sites excluding steroid dienone is 4. The number of nitrogens with zero attached hydrogens (tertiary/aromatic N) is 4. The van der Waals surface area contributed by atoms with Crippen molar-refractivity contribution in [2.24, 2.45) is 0 Å². The van der Waals surface area contributed by atoms with E-state index in [0.717, 1.165) is 74.8 Å². The molecule has 9 aromatic rings. The Hall–Kier alpha value is -7.30. The lowest BCUT2D eigenvalue weighted by Gasteiger charge is -2.37.